The van der Waals surface area contributed by atoms with Gasteiger partial charge < -0.3 is 4.74 Å². The van der Waals surface area contributed by atoms with Crippen LogP contribution in [0, 0.1) is 5.92 Å². The van der Waals surface area contributed by atoms with E-state index in [4.69, 9.17) is 4.74 Å². The molecule has 1 aliphatic rings. The van der Waals surface area contributed by atoms with Gasteiger partial charge >= 0.3 is 0 Å². The lowest BCUT2D eigenvalue weighted by Crippen LogP contribution is -2.25. The van der Waals surface area contributed by atoms with Crippen molar-refractivity contribution in [3.05, 3.63) is 29.8 Å². The molecule has 1 heterocycles. The van der Waals surface area contributed by atoms with Crippen molar-refractivity contribution in [3.8, 4) is 0 Å². The molecule has 3 heteroatoms. The highest BCUT2D eigenvalue weighted by Gasteiger charge is 2.24. The molecule has 0 amide bonds. The topological polar surface area (TPSA) is 26.3 Å². The van der Waals surface area contributed by atoms with Crippen molar-refractivity contribution >= 4 is 17.5 Å². The Hall–Kier alpha value is -0.800. The Morgan fingerprint density at radius 1 is 1.44 bits per heavy atom. The molecule has 1 aromatic rings. The SMILES string of the molecule is CSc1ccccc1C(=O)C1CCCOC1. The van der Waals surface area contributed by atoms with Gasteiger partial charge in [-0.1, -0.05) is 18.2 Å². The van der Waals surface area contributed by atoms with Crippen LogP contribution in [0.2, 0.25) is 0 Å². The fraction of sp³-hybridized carbons (Fsp3) is 0.462. The van der Waals surface area contributed by atoms with Gasteiger partial charge in [0, 0.05) is 23.0 Å². The van der Waals surface area contributed by atoms with Crippen LogP contribution in [0.1, 0.15) is 23.2 Å². The smallest absolute Gasteiger partial charge is 0.169 e. The van der Waals surface area contributed by atoms with E-state index in [0.29, 0.717) is 6.61 Å². The fourth-order valence-corrected chi connectivity index (χ4v) is 2.62. The maximum absolute atomic E-state index is 12.3. The summed E-state index contributed by atoms with van der Waals surface area (Å²) in [4.78, 5) is 13.4. The fourth-order valence-electron chi connectivity index (χ4n) is 2.02. The first-order valence-corrected chi connectivity index (χ1v) is 6.80. The largest absolute Gasteiger partial charge is 0.381 e. The summed E-state index contributed by atoms with van der Waals surface area (Å²) >= 11 is 1.63. The Kier molecular flexibility index (Phi) is 4.02. The van der Waals surface area contributed by atoms with Gasteiger partial charge in [0.15, 0.2) is 5.78 Å². The zero-order valence-corrected chi connectivity index (χ0v) is 10.3. The van der Waals surface area contributed by atoms with E-state index in [1.54, 1.807) is 11.8 Å². The van der Waals surface area contributed by atoms with Gasteiger partial charge in [0.1, 0.15) is 0 Å². The first kappa shape index (κ1) is 11.7. The lowest BCUT2D eigenvalue weighted by molar-refractivity contribution is 0.0459. The number of carbonyl (C=O) groups excluding carboxylic acids is 1. The number of thioether (sulfide) groups is 1. The lowest BCUT2D eigenvalue weighted by atomic mass is 9.93. The minimum absolute atomic E-state index is 0.0575. The second kappa shape index (κ2) is 5.51. The molecule has 0 aliphatic carbocycles. The maximum Gasteiger partial charge on any atom is 0.169 e. The first-order chi connectivity index (χ1) is 7.83. The summed E-state index contributed by atoms with van der Waals surface area (Å²) in [6.07, 6.45) is 3.96. The third-order valence-corrected chi connectivity index (χ3v) is 3.70. The molecule has 1 atom stereocenters. The summed E-state index contributed by atoms with van der Waals surface area (Å²) < 4.78 is 5.37. The lowest BCUT2D eigenvalue weighted by Gasteiger charge is -2.21. The summed E-state index contributed by atoms with van der Waals surface area (Å²) in [5, 5.41) is 0. The highest BCUT2D eigenvalue weighted by molar-refractivity contribution is 7.98. The van der Waals surface area contributed by atoms with E-state index in [2.05, 4.69) is 0 Å². The van der Waals surface area contributed by atoms with E-state index < -0.39 is 0 Å². The van der Waals surface area contributed by atoms with Gasteiger partial charge in [0.2, 0.25) is 0 Å². The van der Waals surface area contributed by atoms with E-state index in [9.17, 15) is 4.79 Å². The molecule has 0 N–H and O–H groups in total. The maximum atomic E-state index is 12.3. The highest BCUT2D eigenvalue weighted by atomic mass is 32.2. The van der Waals surface area contributed by atoms with Gasteiger partial charge in [-0.05, 0) is 25.2 Å². The summed E-state index contributed by atoms with van der Waals surface area (Å²) in [7, 11) is 0. The van der Waals surface area contributed by atoms with Gasteiger partial charge in [0.25, 0.3) is 0 Å². The molecule has 0 bridgehead atoms. The van der Waals surface area contributed by atoms with E-state index in [1.807, 2.05) is 30.5 Å². The molecule has 0 saturated carbocycles. The second-order valence-electron chi connectivity index (χ2n) is 3.98. The van der Waals surface area contributed by atoms with Gasteiger partial charge in [-0.3, -0.25) is 4.79 Å². The molecular formula is C13H16O2S. The Labute approximate surface area is 100 Å². The number of ketones is 1. The molecule has 2 nitrogen and oxygen atoms in total. The summed E-state index contributed by atoms with van der Waals surface area (Å²) in [6.45, 7) is 1.38. The number of Topliss-reactive ketones (excluding diaryl/α,β-unsaturated/α-hetero) is 1. The Balaban J connectivity index is 2.19. The molecular weight excluding hydrogens is 220 g/mol. The number of ether oxygens (including phenoxy) is 1. The van der Waals surface area contributed by atoms with Crippen molar-refractivity contribution in [2.45, 2.75) is 17.7 Å². The van der Waals surface area contributed by atoms with Crippen molar-refractivity contribution < 1.29 is 9.53 Å². The Morgan fingerprint density at radius 3 is 2.94 bits per heavy atom. The molecule has 86 valence electrons. The molecule has 1 fully saturated rings. The average molecular weight is 236 g/mol. The van der Waals surface area contributed by atoms with E-state index in [0.717, 1.165) is 29.9 Å². The molecule has 0 radical (unpaired) electrons. The van der Waals surface area contributed by atoms with E-state index >= 15 is 0 Å². The molecule has 1 aromatic carbocycles. The summed E-state index contributed by atoms with van der Waals surface area (Å²) in [6, 6.07) is 7.82. The molecule has 1 aliphatic heterocycles. The van der Waals surface area contributed by atoms with Crippen LogP contribution in [-0.2, 0) is 4.74 Å². The Morgan fingerprint density at radius 2 is 2.25 bits per heavy atom. The Bertz CT molecular complexity index is 370. The normalized spacial score (nSPS) is 20.7. The predicted octanol–water partition coefficient (Wildman–Crippen LogP) is 3.02. The van der Waals surface area contributed by atoms with Gasteiger partial charge in [-0.15, -0.1) is 11.8 Å². The van der Waals surface area contributed by atoms with Crippen molar-refractivity contribution in [2.75, 3.05) is 19.5 Å². The van der Waals surface area contributed by atoms with Gasteiger partial charge in [-0.25, -0.2) is 0 Å². The summed E-state index contributed by atoms with van der Waals surface area (Å²) in [5.41, 5.74) is 0.852. The molecule has 0 aromatic heterocycles. The summed E-state index contributed by atoms with van der Waals surface area (Å²) in [5.74, 6) is 0.298. The van der Waals surface area contributed by atoms with Crippen LogP contribution >= 0.6 is 11.8 Å². The highest BCUT2D eigenvalue weighted by Crippen LogP contribution is 2.25. The monoisotopic (exact) mass is 236 g/mol. The number of hydrogen-bond donors (Lipinski definition) is 0. The third-order valence-electron chi connectivity index (χ3n) is 2.90. The van der Waals surface area contributed by atoms with Crippen LogP contribution in [0.3, 0.4) is 0 Å². The third kappa shape index (κ3) is 2.47. The molecule has 1 saturated heterocycles. The zero-order chi connectivity index (χ0) is 11.4. The number of benzene rings is 1. The molecule has 0 spiro atoms. The molecule has 1 unspecified atom stereocenters. The minimum atomic E-state index is 0.0575. The second-order valence-corrected chi connectivity index (χ2v) is 4.83. The van der Waals surface area contributed by atoms with Gasteiger partial charge in [0.05, 0.1) is 6.61 Å². The average Bonchev–Trinajstić information content (AvgIpc) is 2.39. The first-order valence-electron chi connectivity index (χ1n) is 5.58. The zero-order valence-electron chi connectivity index (χ0n) is 9.44. The predicted molar refractivity (Wildman–Crippen MR) is 66.1 cm³/mol. The number of hydrogen-bond acceptors (Lipinski definition) is 3. The van der Waals surface area contributed by atoms with Crippen molar-refractivity contribution in [3.63, 3.8) is 0 Å². The van der Waals surface area contributed by atoms with Crippen LogP contribution in [-0.4, -0.2) is 25.3 Å². The van der Waals surface area contributed by atoms with Crippen LogP contribution in [0.5, 0.6) is 0 Å². The van der Waals surface area contributed by atoms with Crippen LogP contribution < -0.4 is 0 Å². The van der Waals surface area contributed by atoms with E-state index in [-0.39, 0.29) is 11.7 Å². The number of carbonyl (C=O) groups is 1. The standard InChI is InChI=1S/C13H16O2S/c1-16-12-7-3-2-6-11(12)13(14)10-5-4-8-15-9-10/h2-3,6-7,10H,4-5,8-9H2,1H3. The van der Waals surface area contributed by atoms with Crippen molar-refractivity contribution in [1.29, 1.82) is 0 Å². The molecule has 16 heavy (non-hydrogen) atoms. The number of rotatable bonds is 3. The van der Waals surface area contributed by atoms with Crippen LogP contribution in [0.4, 0.5) is 0 Å². The van der Waals surface area contributed by atoms with Crippen molar-refractivity contribution in [2.24, 2.45) is 5.92 Å². The van der Waals surface area contributed by atoms with E-state index in [1.165, 1.54) is 0 Å². The quantitative estimate of drug-likeness (QED) is 0.596. The van der Waals surface area contributed by atoms with Gasteiger partial charge in [-0.2, -0.15) is 0 Å². The van der Waals surface area contributed by atoms with Crippen LogP contribution in [0.15, 0.2) is 29.2 Å². The minimum Gasteiger partial charge on any atom is -0.381 e. The molecule has 2 rings (SSSR count). The van der Waals surface area contributed by atoms with Crippen LogP contribution in [0.25, 0.3) is 0 Å². The van der Waals surface area contributed by atoms with Crippen molar-refractivity contribution in [1.82, 2.24) is 0 Å².